The van der Waals surface area contributed by atoms with Gasteiger partial charge in [-0.15, -0.1) is 0 Å². The van der Waals surface area contributed by atoms with Crippen LogP contribution in [0.1, 0.15) is 18.9 Å². The Kier molecular flexibility index (Phi) is 3.21. The molecule has 1 aliphatic rings. The van der Waals surface area contributed by atoms with E-state index < -0.39 is 5.79 Å². The van der Waals surface area contributed by atoms with Gasteiger partial charge in [-0.3, -0.25) is 0 Å². The van der Waals surface area contributed by atoms with E-state index in [1.54, 1.807) is 18.2 Å². The lowest BCUT2D eigenvalue weighted by molar-refractivity contribution is -0.167. The topological polar surface area (TPSA) is 18.5 Å². The van der Waals surface area contributed by atoms with Gasteiger partial charge < -0.3 is 9.47 Å². The van der Waals surface area contributed by atoms with Crippen LogP contribution in [0.15, 0.2) is 18.2 Å². The fourth-order valence-electron chi connectivity index (χ4n) is 1.79. The van der Waals surface area contributed by atoms with Crippen LogP contribution in [0.5, 0.6) is 0 Å². The van der Waals surface area contributed by atoms with Gasteiger partial charge in [-0.1, -0.05) is 30.1 Å². The molecular weight excluding hydrogens is 235 g/mol. The zero-order chi connectivity index (χ0) is 10.9. The smallest absolute Gasteiger partial charge is 0.196 e. The standard InChI is InChI=1S/C11H12Cl2O2/c1-2-11(14-5-6-15-11)9-7-8(12)3-4-10(9)13/h3-4,7H,2,5-6H2,1H3. The maximum Gasteiger partial charge on any atom is 0.196 e. The third-order valence-electron chi connectivity index (χ3n) is 2.56. The van der Waals surface area contributed by atoms with E-state index in [4.69, 9.17) is 32.7 Å². The normalized spacial score (nSPS) is 19.4. The summed E-state index contributed by atoms with van der Waals surface area (Å²) in [4.78, 5) is 0. The Morgan fingerprint density at radius 2 is 1.93 bits per heavy atom. The van der Waals surface area contributed by atoms with Gasteiger partial charge in [-0.2, -0.15) is 0 Å². The summed E-state index contributed by atoms with van der Waals surface area (Å²) in [5.74, 6) is -0.706. The van der Waals surface area contributed by atoms with E-state index in [0.29, 0.717) is 29.7 Å². The van der Waals surface area contributed by atoms with Gasteiger partial charge in [0.2, 0.25) is 0 Å². The number of hydrogen-bond acceptors (Lipinski definition) is 2. The maximum atomic E-state index is 6.13. The van der Waals surface area contributed by atoms with Crippen LogP contribution in [-0.4, -0.2) is 13.2 Å². The number of halogens is 2. The summed E-state index contributed by atoms with van der Waals surface area (Å²) >= 11 is 12.1. The van der Waals surface area contributed by atoms with Crippen molar-refractivity contribution in [2.45, 2.75) is 19.1 Å². The van der Waals surface area contributed by atoms with Crippen LogP contribution in [0, 0.1) is 0 Å². The highest BCUT2D eigenvalue weighted by Gasteiger charge is 2.38. The third-order valence-corrected chi connectivity index (χ3v) is 3.12. The minimum Gasteiger partial charge on any atom is -0.343 e. The van der Waals surface area contributed by atoms with Crippen LogP contribution in [0.2, 0.25) is 10.0 Å². The van der Waals surface area contributed by atoms with Gasteiger partial charge in [-0.05, 0) is 18.2 Å². The van der Waals surface area contributed by atoms with E-state index in [1.165, 1.54) is 0 Å². The van der Waals surface area contributed by atoms with Crippen molar-refractivity contribution in [3.63, 3.8) is 0 Å². The van der Waals surface area contributed by atoms with Gasteiger partial charge >= 0.3 is 0 Å². The highest BCUT2D eigenvalue weighted by molar-refractivity contribution is 6.33. The van der Waals surface area contributed by atoms with Crippen LogP contribution >= 0.6 is 23.2 Å². The van der Waals surface area contributed by atoms with Gasteiger partial charge in [0.15, 0.2) is 5.79 Å². The predicted molar refractivity (Wildman–Crippen MR) is 60.3 cm³/mol. The zero-order valence-corrected chi connectivity index (χ0v) is 9.94. The van der Waals surface area contributed by atoms with Gasteiger partial charge in [0.05, 0.1) is 13.2 Å². The zero-order valence-electron chi connectivity index (χ0n) is 8.43. The molecule has 0 aliphatic carbocycles. The Balaban J connectivity index is 2.46. The van der Waals surface area contributed by atoms with Crippen molar-refractivity contribution in [1.82, 2.24) is 0 Å². The van der Waals surface area contributed by atoms with Crippen molar-refractivity contribution in [2.75, 3.05) is 13.2 Å². The van der Waals surface area contributed by atoms with E-state index in [0.717, 1.165) is 5.56 Å². The van der Waals surface area contributed by atoms with Crippen LogP contribution in [0.4, 0.5) is 0 Å². The highest BCUT2D eigenvalue weighted by atomic mass is 35.5. The first-order valence-electron chi connectivity index (χ1n) is 4.91. The monoisotopic (exact) mass is 246 g/mol. The van der Waals surface area contributed by atoms with Crippen LogP contribution in [0.3, 0.4) is 0 Å². The molecule has 1 aromatic rings. The van der Waals surface area contributed by atoms with Gasteiger partial charge in [-0.25, -0.2) is 0 Å². The lowest BCUT2D eigenvalue weighted by Gasteiger charge is -2.27. The molecule has 1 heterocycles. The molecule has 2 rings (SSSR count). The molecule has 0 aromatic heterocycles. The lowest BCUT2D eigenvalue weighted by Crippen LogP contribution is -2.26. The summed E-state index contributed by atoms with van der Waals surface area (Å²) < 4.78 is 11.3. The first-order chi connectivity index (χ1) is 7.18. The van der Waals surface area contributed by atoms with Crippen molar-refractivity contribution >= 4 is 23.2 Å². The van der Waals surface area contributed by atoms with Crippen LogP contribution < -0.4 is 0 Å². The van der Waals surface area contributed by atoms with E-state index in [9.17, 15) is 0 Å². The van der Waals surface area contributed by atoms with Crippen molar-refractivity contribution in [1.29, 1.82) is 0 Å². The molecule has 0 spiro atoms. The minimum absolute atomic E-state index is 0.594. The predicted octanol–water partition coefficient (Wildman–Crippen LogP) is 3.60. The fourth-order valence-corrected chi connectivity index (χ4v) is 2.23. The summed E-state index contributed by atoms with van der Waals surface area (Å²) in [5.41, 5.74) is 0.816. The molecule has 2 nitrogen and oxygen atoms in total. The third kappa shape index (κ3) is 2.00. The van der Waals surface area contributed by atoms with E-state index in [2.05, 4.69) is 0 Å². The Labute approximate surface area is 99.1 Å². The summed E-state index contributed by atoms with van der Waals surface area (Å²) in [6.07, 6.45) is 0.715. The Hall–Kier alpha value is -0.280. The molecule has 4 heteroatoms. The maximum absolute atomic E-state index is 6.13. The molecular formula is C11H12Cl2O2. The van der Waals surface area contributed by atoms with Crippen molar-refractivity contribution in [2.24, 2.45) is 0 Å². The molecule has 1 aliphatic heterocycles. The summed E-state index contributed by atoms with van der Waals surface area (Å²) in [6.45, 7) is 3.19. The second kappa shape index (κ2) is 4.30. The molecule has 1 aromatic carbocycles. The molecule has 0 bridgehead atoms. The fraction of sp³-hybridized carbons (Fsp3) is 0.455. The highest BCUT2D eigenvalue weighted by Crippen LogP contribution is 2.39. The van der Waals surface area contributed by atoms with Gasteiger partial charge in [0, 0.05) is 22.0 Å². The molecule has 82 valence electrons. The molecule has 0 saturated carbocycles. The quantitative estimate of drug-likeness (QED) is 0.794. The molecule has 0 unspecified atom stereocenters. The molecule has 1 fully saturated rings. The molecule has 15 heavy (non-hydrogen) atoms. The average molecular weight is 247 g/mol. The Morgan fingerprint density at radius 3 is 2.53 bits per heavy atom. The van der Waals surface area contributed by atoms with Crippen molar-refractivity contribution in [3.8, 4) is 0 Å². The SMILES string of the molecule is CCC1(c2cc(Cl)ccc2Cl)OCCO1. The number of ether oxygens (including phenoxy) is 2. The van der Waals surface area contributed by atoms with Crippen molar-refractivity contribution in [3.05, 3.63) is 33.8 Å². The largest absolute Gasteiger partial charge is 0.343 e. The number of hydrogen-bond donors (Lipinski definition) is 0. The first kappa shape index (κ1) is 11.2. The van der Waals surface area contributed by atoms with E-state index in [-0.39, 0.29) is 0 Å². The molecule has 0 amide bonds. The molecule has 0 radical (unpaired) electrons. The summed E-state index contributed by atoms with van der Waals surface area (Å²) in [6, 6.07) is 5.33. The van der Waals surface area contributed by atoms with E-state index in [1.807, 2.05) is 6.92 Å². The second-order valence-corrected chi connectivity index (χ2v) is 4.27. The molecule has 1 saturated heterocycles. The number of rotatable bonds is 2. The van der Waals surface area contributed by atoms with Gasteiger partial charge in [0.25, 0.3) is 0 Å². The molecule has 0 N–H and O–H groups in total. The second-order valence-electron chi connectivity index (χ2n) is 3.43. The van der Waals surface area contributed by atoms with E-state index >= 15 is 0 Å². The number of benzene rings is 1. The average Bonchev–Trinajstić information content (AvgIpc) is 2.71. The summed E-state index contributed by atoms with van der Waals surface area (Å²) in [5, 5.41) is 1.27. The summed E-state index contributed by atoms with van der Waals surface area (Å²) in [7, 11) is 0. The van der Waals surface area contributed by atoms with Crippen LogP contribution in [0.25, 0.3) is 0 Å². The van der Waals surface area contributed by atoms with Crippen molar-refractivity contribution < 1.29 is 9.47 Å². The Bertz CT molecular complexity index is 360. The first-order valence-corrected chi connectivity index (χ1v) is 5.67. The molecule has 0 atom stereocenters. The lowest BCUT2D eigenvalue weighted by atomic mass is 10.0. The minimum atomic E-state index is -0.706. The van der Waals surface area contributed by atoms with Crippen LogP contribution in [-0.2, 0) is 15.3 Å². The Morgan fingerprint density at radius 1 is 1.27 bits per heavy atom. The van der Waals surface area contributed by atoms with Gasteiger partial charge in [0.1, 0.15) is 0 Å².